The van der Waals surface area contributed by atoms with Gasteiger partial charge in [0.2, 0.25) is 0 Å². The predicted octanol–water partition coefficient (Wildman–Crippen LogP) is 3.05. The second-order valence-electron chi connectivity index (χ2n) is 5.92. The van der Waals surface area contributed by atoms with Crippen molar-refractivity contribution in [3.8, 4) is 11.5 Å². The summed E-state index contributed by atoms with van der Waals surface area (Å²) in [6.07, 6.45) is 1.54. The fourth-order valence-electron chi connectivity index (χ4n) is 2.78. The summed E-state index contributed by atoms with van der Waals surface area (Å²) in [4.78, 5) is 24.9. The van der Waals surface area contributed by atoms with Crippen molar-refractivity contribution in [1.82, 2.24) is 0 Å². The van der Waals surface area contributed by atoms with Crippen LogP contribution in [-0.2, 0) is 14.3 Å². The molecule has 2 aromatic carbocycles. The summed E-state index contributed by atoms with van der Waals surface area (Å²) in [6.45, 7) is 0. The lowest BCUT2D eigenvalue weighted by Gasteiger charge is -2.11. The summed E-state index contributed by atoms with van der Waals surface area (Å²) in [5.41, 5.74) is 1.91. The molecule has 0 aromatic heterocycles. The highest BCUT2D eigenvalue weighted by Gasteiger charge is 2.32. The first kappa shape index (κ1) is 19.2. The van der Waals surface area contributed by atoms with E-state index in [1.54, 1.807) is 43.5 Å². The van der Waals surface area contributed by atoms with Crippen LogP contribution in [0.5, 0.6) is 11.5 Å². The smallest absolute Gasteiger partial charge is 0.311 e. The second kappa shape index (κ2) is 8.39. The molecule has 0 N–H and O–H groups in total. The molecule has 0 saturated heterocycles. The summed E-state index contributed by atoms with van der Waals surface area (Å²) >= 11 is 0. The third-order valence-electron chi connectivity index (χ3n) is 4.24. The average Bonchev–Trinajstić information content (AvgIpc) is 3.04. The van der Waals surface area contributed by atoms with Gasteiger partial charge >= 0.3 is 5.97 Å². The molecule has 0 unspecified atom stereocenters. The van der Waals surface area contributed by atoms with Gasteiger partial charge in [0.05, 0.1) is 44.7 Å². The molecule has 144 valence electrons. The first-order valence-corrected chi connectivity index (χ1v) is 8.55. The molecule has 1 amide bonds. The van der Waals surface area contributed by atoms with Crippen LogP contribution >= 0.6 is 0 Å². The zero-order valence-electron chi connectivity index (χ0n) is 15.8. The molecule has 0 radical (unpaired) electrons. The predicted molar refractivity (Wildman–Crippen MR) is 106 cm³/mol. The van der Waals surface area contributed by atoms with Crippen LogP contribution in [0.25, 0.3) is 6.08 Å². The highest BCUT2D eigenvalue weighted by Crippen LogP contribution is 2.30. The standard InChI is InChI=1S/C21H20N2O5/c1-26-16-10-9-14(19(12-16)27-2)11-17-18(13-20(24)28-3)22-23(21(17)25)15-7-5-4-6-8-15/h4-12H,13H2,1-3H3/b17-11-. The van der Waals surface area contributed by atoms with Crippen molar-refractivity contribution in [2.45, 2.75) is 6.42 Å². The maximum absolute atomic E-state index is 13.0. The van der Waals surface area contributed by atoms with Crippen molar-refractivity contribution in [2.75, 3.05) is 26.3 Å². The minimum absolute atomic E-state index is 0.115. The summed E-state index contributed by atoms with van der Waals surface area (Å²) in [7, 11) is 4.39. The van der Waals surface area contributed by atoms with Crippen molar-refractivity contribution in [2.24, 2.45) is 5.10 Å². The zero-order valence-corrected chi connectivity index (χ0v) is 15.8. The largest absolute Gasteiger partial charge is 0.497 e. The van der Waals surface area contributed by atoms with Crippen LogP contribution in [0.1, 0.15) is 12.0 Å². The van der Waals surface area contributed by atoms with Crippen molar-refractivity contribution in [1.29, 1.82) is 0 Å². The molecule has 1 aliphatic heterocycles. The molecular formula is C21H20N2O5. The molecule has 1 heterocycles. The highest BCUT2D eigenvalue weighted by atomic mass is 16.5. The highest BCUT2D eigenvalue weighted by molar-refractivity contribution is 6.34. The maximum atomic E-state index is 13.0. The van der Waals surface area contributed by atoms with E-state index < -0.39 is 5.97 Å². The number of hydrogen-bond donors (Lipinski definition) is 0. The van der Waals surface area contributed by atoms with Crippen LogP contribution in [0.3, 0.4) is 0 Å². The van der Waals surface area contributed by atoms with E-state index in [0.717, 1.165) is 0 Å². The van der Waals surface area contributed by atoms with Crippen LogP contribution in [0, 0.1) is 0 Å². The Kier molecular flexibility index (Phi) is 5.74. The topological polar surface area (TPSA) is 77.4 Å². The van der Waals surface area contributed by atoms with Crippen LogP contribution in [0.15, 0.2) is 59.2 Å². The fourth-order valence-corrected chi connectivity index (χ4v) is 2.78. The molecule has 28 heavy (non-hydrogen) atoms. The Morgan fingerprint density at radius 1 is 1.07 bits per heavy atom. The van der Waals surface area contributed by atoms with Gasteiger partial charge in [-0.1, -0.05) is 18.2 Å². The molecule has 0 spiro atoms. The number of ether oxygens (including phenoxy) is 3. The summed E-state index contributed by atoms with van der Waals surface area (Å²) in [5.74, 6) is 0.360. The van der Waals surface area contributed by atoms with Crippen LogP contribution in [-0.4, -0.2) is 38.9 Å². The lowest BCUT2D eigenvalue weighted by atomic mass is 10.0. The van der Waals surface area contributed by atoms with Gasteiger partial charge in [-0.15, -0.1) is 0 Å². The Morgan fingerprint density at radius 3 is 2.46 bits per heavy atom. The lowest BCUT2D eigenvalue weighted by Crippen LogP contribution is -2.21. The van der Waals surface area contributed by atoms with Crippen LogP contribution in [0.4, 0.5) is 5.69 Å². The molecule has 0 saturated carbocycles. The number of para-hydroxylation sites is 1. The molecule has 1 aliphatic rings. The first-order chi connectivity index (χ1) is 13.6. The minimum Gasteiger partial charge on any atom is -0.497 e. The van der Waals surface area contributed by atoms with Crippen molar-refractivity contribution in [3.05, 3.63) is 59.7 Å². The van der Waals surface area contributed by atoms with Gasteiger partial charge < -0.3 is 14.2 Å². The molecule has 7 heteroatoms. The summed E-state index contributed by atoms with van der Waals surface area (Å²) in [6, 6.07) is 14.3. The Morgan fingerprint density at radius 2 is 1.82 bits per heavy atom. The summed E-state index contributed by atoms with van der Waals surface area (Å²) in [5, 5.41) is 5.64. The zero-order chi connectivity index (χ0) is 20.1. The van der Waals surface area contributed by atoms with E-state index in [2.05, 4.69) is 5.10 Å². The molecule has 0 aliphatic carbocycles. The van der Waals surface area contributed by atoms with E-state index in [0.29, 0.717) is 34.0 Å². The molecule has 3 rings (SSSR count). The van der Waals surface area contributed by atoms with Gasteiger partial charge in [0.1, 0.15) is 11.5 Å². The number of carbonyl (C=O) groups excluding carboxylic acids is 2. The minimum atomic E-state index is -0.478. The van der Waals surface area contributed by atoms with E-state index in [9.17, 15) is 9.59 Å². The van der Waals surface area contributed by atoms with Crippen molar-refractivity contribution >= 4 is 29.4 Å². The molecule has 7 nitrogen and oxygen atoms in total. The lowest BCUT2D eigenvalue weighted by molar-refractivity contribution is -0.139. The van der Waals surface area contributed by atoms with Gasteiger partial charge in [0, 0.05) is 11.6 Å². The van der Waals surface area contributed by atoms with Gasteiger partial charge in [0.15, 0.2) is 0 Å². The number of benzene rings is 2. The van der Waals surface area contributed by atoms with Gasteiger partial charge in [-0.25, -0.2) is 0 Å². The Balaban J connectivity index is 2.04. The van der Waals surface area contributed by atoms with Gasteiger partial charge in [-0.3, -0.25) is 9.59 Å². The number of esters is 1. The molecular weight excluding hydrogens is 360 g/mol. The van der Waals surface area contributed by atoms with E-state index in [-0.39, 0.29) is 12.3 Å². The second-order valence-corrected chi connectivity index (χ2v) is 5.92. The number of rotatable bonds is 6. The number of nitrogens with zero attached hydrogens (tertiary/aromatic N) is 2. The summed E-state index contributed by atoms with van der Waals surface area (Å²) < 4.78 is 15.4. The van der Waals surface area contributed by atoms with Gasteiger partial charge in [-0.2, -0.15) is 10.1 Å². The quantitative estimate of drug-likeness (QED) is 0.569. The van der Waals surface area contributed by atoms with Crippen LogP contribution < -0.4 is 14.5 Å². The third-order valence-corrected chi connectivity index (χ3v) is 4.24. The third kappa shape index (κ3) is 3.88. The Labute approximate surface area is 162 Å². The average molecular weight is 380 g/mol. The molecule has 0 fully saturated rings. The van der Waals surface area contributed by atoms with E-state index >= 15 is 0 Å². The molecule has 0 bridgehead atoms. The van der Waals surface area contributed by atoms with Crippen molar-refractivity contribution in [3.63, 3.8) is 0 Å². The number of hydrazone groups is 1. The van der Waals surface area contributed by atoms with Crippen molar-refractivity contribution < 1.29 is 23.8 Å². The normalized spacial score (nSPS) is 14.8. The van der Waals surface area contributed by atoms with Gasteiger partial charge in [0.25, 0.3) is 5.91 Å². The van der Waals surface area contributed by atoms with Crippen LogP contribution in [0.2, 0.25) is 0 Å². The number of hydrogen-bond acceptors (Lipinski definition) is 6. The van der Waals surface area contributed by atoms with E-state index in [4.69, 9.17) is 14.2 Å². The number of anilines is 1. The first-order valence-electron chi connectivity index (χ1n) is 8.55. The molecule has 2 aromatic rings. The number of carbonyl (C=O) groups is 2. The van der Waals surface area contributed by atoms with E-state index in [1.807, 2.05) is 18.2 Å². The number of amides is 1. The Hall–Kier alpha value is -3.61. The SMILES string of the molecule is COC(=O)CC1=NN(c2ccccc2)C(=O)/C1=C\c1ccc(OC)cc1OC. The van der Waals surface area contributed by atoms with Gasteiger partial charge in [-0.05, 0) is 30.3 Å². The monoisotopic (exact) mass is 380 g/mol. The molecule has 0 atom stereocenters. The van der Waals surface area contributed by atoms with E-state index in [1.165, 1.54) is 19.2 Å². The number of methoxy groups -OCH3 is 3. The Bertz CT molecular complexity index is 951. The maximum Gasteiger partial charge on any atom is 0.311 e. The fraction of sp³-hybridized carbons (Fsp3) is 0.190.